The quantitative estimate of drug-likeness (QED) is 0.566. The Hall–Kier alpha value is -1.75. The molecule has 0 atom stereocenters. The van der Waals surface area contributed by atoms with Crippen LogP contribution in [0, 0.1) is 0 Å². The molecule has 0 spiro atoms. The van der Waals surface area contributed by atoms with Gasteiger partial charge in [0.2, 0.25) is 0 Å². The van der Waals surface area contributed by atoms with Crippen molar-refractivity contribution in [1.29, 1.82) is 0 Å². The van der Waals surface area contributed by atoms with Crippen LogP contribution < -0.4 is 9.64 Å². The number of ether oxygens (including phenoxy) is 2. The minimum atomic E-state index is -0.269. The Morgan fingerprint density at radius 2 is 1.92 bits per heavy atom. The molecule has 1 aliphatic heterocycles. The highest BCUT2D eigenvalue weighted by Gasteiger charge is 2.18. The zero-order chi connectivity index (χ0) is 18.6. The number of nitrogens with zero attached hydrogens (tertiary/aromatic N) is 2. The monoisotopic (exact) mass is 362 g/mol. The van der Waals surface area contributed by atoms with Gasteiger partial charge in [0.15, 0.2) is 0 Å². The second-order valence-electron chi connectivity index (χ2n) is 6.87. The number of unbranched alkanes of at least 4 members (excludes halogenated alkanes) is 1. The van der Waals surface area contributed by atoms with Gasteiger partial charge >= 0.3 is 6.09 Å². The Balaban J connectivity index is 1.89. The van der Waals surface area contributed by atoms with E-state index in [2.05, 4.69) is 18.7 Å². The number of likely N-dealkylation sites (tertiary alicyclic amines) is 1. The number of amides is 1. The van der Waals surface area contributed by atoms with Gasteiger partial charge in [0.1, 0.15) is 12.4 Å². The average molecular weight is 363 g/mol. The highest BCUT2D eigenvalue weighted by atomic mass is 16.6. The molecule has 26 heavy (non-hydrogen) atoms. The van der Waals surface area contributed by atoms with Crippen LogP contribution in [-0.4, -0.2) is 50.4 Å². The van der Waals surface area contributed by atoms with Crippen LogP contribution in [0.3, 0.4) is 0 Å². The third kappa shape index (κ3) is 6.87. The SMILES string of the molecule is CCCCOc1cccc(N(CCC)C(=O)OCCN2CCCCC2)c1. The van der Waals surface area contributed by atoms with E-state index in [9.17, 15) is 4.79 Å². The van der Waals surface area contributed by atoms with E-state index in [0.29, 0.717) is 19.8 Å². The molecule has 0 unspecified atom stereocenters. The molecular weight excluding hydrogens is 328 g/mol. The molecule has 1 aromatic rings. The minimum absolute atomic E-state index is 0.269. The second kappa shape index (κ2) is 11.8. The fourth-order valence-corrected chi connectivity index (χ4v) is 3.15. The maximum atomic E-state index is 12.6. The fourth-order valence-electron chi connectivity index (χ4n) is 3.15. The van der Waals surface area contributed by atoms with Crippen LogP contribution in [0.1, 0.15) is 52.4 Å². The molecule has 1 fully saturated rings. The van der Waals surface area contributed by atoms with Gasteiger partial charge in [0, 0.05) is 19.2 Å². The van der Waals surface area contributed by atoms with Crippen LogP contribution in [0.4, 0.5) is 10.5 Å². The van der Waals surface area contributed by atoms with E-state index in [1.54, 1.807) is 4.90 Å². The van der Waals surface area contributed by atoms with Crippen LogP contribution in [0.5, 0.6) is 5.75 Å². The molecule has 1 amide bonds. The van der Waals surface area contributed by atoms with E-state index in [-0.39, 0.29) is 6.09 Å². The van der Waals surface area contributed by atoms with Gasteiger partial charge in [-0.1, -0.05) is 32.8 Å². The molecule has 1 aliphatic rings. The topological polar surface area (TPSA) is 42.0 Å². The third-order valence-corrected chi connectivity index (χ3v) is 4.65. The Morgan fingerprint density at radius 3 is 2.65 bits per heavy atom. The van der Waals surface area contributed by atoms with Crippen molar-refractivity contribution >= 4 is 11.8 Å². The summed E-state index contributed by atoms with van der Waals surface area (Å²) in [4.78, 5) is 16.7. The lowest BCUT2D eigenvalue weighted by Crippen LogP contribution is -2.36. The van der Waals surface area contributed by atoms with E-state index in [1.807, 2.05) is 24.3 Å². The summed E-state index contributed by atoms with van der Waals surface area (Å²) in [5, 5.41) is 0. The second-order valence-corrected chi connectivity index (χ2v) is 6.87. The van der Waals surface area contributed by atoms with Crippen LogP contribution in [0.2, 0.25) is 0 Å². The summed E-state index contributed by atoms with van der Waals surface area (Å²) >= 11 is 0. The summed E-state index contributed by atoms with van der Waals surface area (Å²) in [6, 6.07) is 7.73. The van der Waals surface area contributed by atoms with Gasteiger partial charge in [-0.15, -0.1) is 0 Å². The van der Waals surface area contributed by atoms with E-state index in [0.717, 1.165) is 50.3 Å². The molecule has 1 heterocycles. The summed E-state index contributed by atoms with van der Waals surface area (Å²) < 4.78 is 11.3. The van der Waals surface area contributed by atoms with Crippen LogP contribution in [-0.2, 0) is 4.74 Å². The molecule has 1 aromatic carbocycles. The number of benzene rings is 1. The molecule has 146 valence electrons. The zero-order valence-corrected chi connectivity index (χ0v) is 16.4. The lowest BCUT2D eigenvalue weighted by molar-refractivity contribution is 0.126. The maximum absolute atomic E-state index is 12.6. The predicted molar refractivity (Wildman–Crippen MR) is 106 cm³/mol. The van der Waals surface area contributed by atoms with Gasteiger partial charge in [-0.25, -0.2) is 4.79 Å². The first kappa shape index (κ1) is 20.6. The van der Waals surface area contributed by atoms with E-state index < -0.39 is 0 Å². The number of hydrogen-bond donors (Lipinski definition) is 0. The molecular formula is C21H34N2O3. The lowest BCUT2D eigenvalue weighted by atomic mass is 10.1. The molecule has 0 saturated carbocycles. The minimum Gasteiger partial charge on any atom is -0.494 e. The lowest BCUT2D eigenvalue weighted by Gasteiger charge is -2.27. The van der Waals surface area contributed by atoms with Crippen molar-refractivity contribution in [3.05, 3.63) is 24.3 Å². The Bertz CT molecular complexity index is 530. The van der Waals surface area contributed by atoms with Crippen molar-refractivity contribution in [2.75, 3.05) is 44.3 Å². The standard InChI is InChI=1S/C21H34N2O3/c1-3-5-16-25-20-11-9-10-19(18-20)23(12-4-2)21(24)26-17-15-22-13-7-6-8-14-22/h9-11,18H,3-8,12-17H2,1-2H3. The highest BCUT2D eigenvalue weighted by molar-refractivity contribution is 5.87. The molecule has 0 radical (unpaired) electrons. The Kier molecular flexibility index (Phi) is 9.32. The van der Waals surface area contributed by atoms with Crippen molar-refractivity contribution in [2.45, 2.75) is 52.4 Å². The first-order chi connectivity index (χ1) is 12.7. The van der Waals surface area contributed by atoms with Crippen molar-refractivity contribution in [3.8, 4) is 5.75 Å². The average Bonchev–Trinajstić information content (AvgIpc) is 2.67. The molecule has 2 rings (SSSR count). The van der Waals surface area contributed by atoms with Gasteiger partial charge in [-0.2, -0.15) is 0 Å². The van der Waals surface area contributed by atoms with Gasteiger partial charge in [0.05, 0.1) is 12.3 Å². The summed E-state index contributed by atoms with van der Waals surface area (Å²) in [5.41, 5.74) is 0.837. The molecule has 0 bridgehead atoms. The number of rotatable bonds is 10. The summed E-state index contributed by atoms with van der Waals surface area (Å²) in [6.07, 6.45) is 6.56. The van der Waals surface area contributed by atoms with Crippen LogP contribution in [0.25, 0.3) is 0 Å². The van der Waals surface area contributed by atoms with Crippen molar-refractivity contribution in [3.63, 3.8) is 0 Å². The van der Waals surface area contributed by atoms with E-state index in [1.165, 1.54) is 19.3 Å². The smallest absolute Gasteiger partial charge is 0.414 e. The van der Waals surface area contributed by atoms with Gasteiger partial charge < -0.3 is 9.47 Å². The van der Waals surface area contributed by atoms with Gasteiger partial charge in [-0.05, 0) is 50.9 Å². The molecule has 0 N–H and O–H groups in total. The summed E-state index contributed by atoms with van der Waals surface area (Å²) in [6.45, 7) is 9.06. The highest BCUT2D eigenvalue weighted by Crippen LogP contribution is 2.22. The van der Waals surface area contributed by atoms with Gasteiger partial charge in [0.25, 0.3) is 0 Å². The Labute approximate surface area is 158 Å². The molecule has 5 nitrogen and oxygen atoms in total. The predicted octanol–water partition coefficient (Wildman–Crippen LogP) is 4.70. The first-order valence-electron chi connectivity index (χ1n) is 10.1. The van der Waals surface area contributed by atoms with Crippen molar-refractivity contribution in [2.24, 2.45) is 0 Å². The number of carbonyl (C=O) groups excluding carboxylic acids is 1. The molecule has 5 heteroatoms. The number of hydrogen-bond acceptors (Lipinski definition) is 4. The number of anilines is 1. The van der Waals surface area contributed by atoms with Crippen LogP contribution >= 0.6 is 0 Å². The molecule has 0 aliphatic carbocycles. The maximum Gasteiger partial charge on any atom is 0.414 e. The van der Waals surface area contributed by atoms with Crippen molar-refractivity contribution in [1.82, 2.24) is 4.90 Å². The summed E-state index contributed by atoms with van der Waals surface area (Å²) in [7, 11) is 0. The molecule has 1 saturated heterocycles. The van der Waals surface area contributed by atoms with Gasteiger partial charge in [-0.3, -0.25) is 9.80 Å². The third-order valence-electron chi connectivity index (χ3n) is 4.65. The summed E-state index contributed by atoms with van der Waals surface area (Å²) in [5.74, 6) is 0.804. The van der Waals surface area contributed by atoms with E-state index >= 15 is 0 Å². The number of piperidine rings is 1. The van der Waals surface area contributed by atoms with Crippen LogP contribution in [0.15, 0.2) is 24.3 Å². The van der Waals surface area contributed by atoms with E-state index in [4.69, 9.17) is 9.47 Å². The van der Waals surface area contributed by atoms with Crippen molar-refractivity contribution < 1.29 is 14.3 Å². The largest absolute Gasteiger partial charge is 0.494 e. The Morgan fingerprint density at radius 1 is 1.12 bits per heavy atom. The zero-order valence-electron chi connectivity index (χ0n) is 16.4. The number of carbonyl (C=O) groups is 1. The normalized spacial score (nSPS) is 14.8. The fraction of sp³-hybridized carbons (Fsp3) is 0.667. The first-order valence-corrected chi connectivity index (χ1v) is 10.1. The molecule has 0 aromatic heterocycles.